The first-order chi connectivity index (χ1) is 12.5. The number of aromatic nitrogens is 2. The lowest BCUT2D eigenvalue weighted by Gasteiger charge is -2.33. The van der Waals surface area contributed by atoms with Crippen LogP contribution in [0.5, 0.6) is 0 Å². The summed E-state index contributed by atoms with van der Waals surface area (Å²) in [5.41, 5.74) is 1.11. The second-order valence-corrected chi connectivity index (χ2v) is 7.78. The fourth-order valence-electron chi connectivity index (χ4n) is 2.81. The molecular weight excluding hydrogens is 443 g/mol. The molecule has 2 heterocycles. The van der Waals surface area contributed by atoms with Gasteiger partial charge in [0.15, 0.2) is 0 Å². The molecule has 9 heteroatoms. The monoisotopic (exact) mass is 460 g/mol. The Balaban J connectivity index is 1.45. The van der Waals surface area contributed by atoms with Gasteiger partial charge in [-0.2, -0.15) is 0 Å². The van der Waals surface area contributed by atoms with Gasteiger partial charge in [0.2, 0.25) is 5.91 Å². The molecular formula is C17H19BrCl2N4O2. The third kappa shape index (κ3) is 5.69. The van der Waals surface area contributed by atoms with Gasteiger partial charge in [-0.15, -0.1) is 0 Å². The Kier molecular flexibility index (Phi) is 6.94. The Bertz CT molecular complexity index is 771. The van der Waals surface area contributed by atoms with Crippen molar-refractivity contribution in [3.63, 3.8) is 0 Å². The van der Waals surface area contributed by atoms with Crippen LogP contribution in [0.3, 0.4) is 0 Å². The first-order valence-corrected chi connectivity index (χ1v) is 9.76. The zero-order valence-corrected chi connectivity index (χ0v) is 17.1. The lowest BCUT2D eigenvalue weighted by molar-refractivity contribution is -0.122. The van der Waals surface area contributed by atoms with Crippen molar-refractivity contribution in [3.05, 3.63) is 50.9 Å². The van der Waals surface area contributed by atoms with Crippen molar-refractivity contribution in [2.24, 2.45) is 0 Å². The SMILES string of the molecule is O=C(Cn1cnc(Br)c1)NCC1CN(Cc2ccc(Cl)c(Cl)c2)CCO1. The number of morpholine rings is 1. The van der Waals surface area contributed by atoms with Crippen molar-refractivity contribution >= 4 is 45.0 Å². The second-order valence-electron chi connectivity index (χ2n) is 6.15. The second kappa shape index (κ2) is 9.19. The van der Waals surface area contributed by atoms with Crippen LogP contribution in [0.25, 0.3) is 0 Å². The molecule has 140 valence electrons. The van der Waals surface area contributed by atoms with E-state index in [4.69, 9.17) is 27.9 Å². The van der Waals surface area contributed by atoms with Crippen LogP contribution in [0, 0.1) is 0 Å². The van der Waals surface area contributed by atoms with Crippen LogP contribution in [0.15, 0.2) is 35.3 Å². The van der Waals surface area contributed by atoms with E-state index in [1.807, 2.05) is 18.2 Å². The van der Waals surface area contributed by atoms with E-state index in [-0.39, 0.29) is 18.6 Å². The highest BCUT2D eigenvalue weighted by atomic mass is 79.9. The molecule has 1 aliphatic heterocycles. The van der Waals surface area contributed by atoms with Crippen molar-refractivity contribution in [2.75, 3.05) is 26.2 Å². The average molecular weight is 462 g/mol. The predicted octanol–water partition coefficient (Wildman–Crippen LogP) is 2.97. The summed E-state index contributed by atoms with van der Waals surface area (Å²) in [7, 11) is 0. The molecule has 1 atom stereocenters. The maximum atomic E-state index is 12.0. The summed E-state index contributed by atoms with van der Waals surface area (Å²) in [5.74, 6) is -0.0693. The van der Waals surface area contributed by atoms with Gasteiger partial charge in [0.1, 0.15) is 11.1 Å². The smallest absolute Gasteiger partial charge is 0.240 e. The molecule has 1 amide bonds. The van der Waals surface area contributed by atoms with Gasteiger partial charge >= 0.3 is 0 Å². The van der Waals surface area contributed by atoms with Gasteiger partial charge in [-0.05, 0) is 33.6 Å². The molecule has 1 aromatic heterocycles. The van der Waals surface area contributed by atoms with E-state index in [9.17, 15) is 4.79 Å². The summed E-state index contributed by atoms with van der Waals surface area (Å²) >= 11 is 15.3. The van der Waals surface area contributed by atoms with E-state index >= 15 is 0 Å². The topological polar surface area (TPSA) is 59.4 Å². The fourth-order valence-corrected chi connectivity index (χ4v) is 3.49. The van der Waals surface area contributed by atoms with Crippen LogP contribution in [0.1, 0.15) is 5.56 Å². The van der Waals surface area contributed by atoms with Crippen LogP contribution in [-0.2, 0) is 22.6 Å². The minimum absolute atomic E-state index is 0.0370. The minimum Gasteiger partial charge on any atom is -0.374 e. The van der Waals surface area contributed by atoms with Crippen molar-refractivity contribution in [1.29, 1.82) is 0 Å². The first kappa shape index (κ1) is 19.6. The average Bonchev–Trinajstić information content (AvgIpc) is 3.01. The van der Waals surface area contributed by atoms with E-state index in [2.05, 4.69) is 31.1 Å². The van der Waals surface area contributed by atoms with Crippen molar-refractivity contribution in [2.45, 2.75) is 19.2 Å². The number of rotatable bonds is 6. The van der Waals surface area contributed by atoms with Gasteiger partial charge in [-0.25, -0.2) is 4.98 Å². The number of benzene rings is 1. The molecule has 1 unspecified atom stereocenters. The van der Waals surface area contributed by atoms with Crippen LogP contribution in [0.2, 0.25) is 10.0 Å². The van der Waals surface area contributed by atoms with E-state index in [0.29, 0.717) is 27.8 Å². The Morgan fingerprint density at radius 2 is 2.23 bits per heavy atom. The molecule has 0 radical (unpaired) electrons. The highest BCUT2D eigenvalue weighted by Crippen LogP contribution is 2.23. The molecule has 0 aliphatic carbocycles. The normalized spacial score (nSPS) is 18.0. The fraction of sp³-hybridized carbons (Fsp3) is 0.412. The quantitative estimate of drug-likeness (QED) is 0.718. The van der Waals surface area contributed by atoms with E-state index < -0.39 is 0 Å². The number of halogens is 3. The van der Waals surface area contributed by atoms with Crippen molar-refractivity contribution in [1.82, 2.24) is 19.8 Å². The Labute approximate surface area is 170 Å². The Hall–Kier alpha value is -1.12. The third-order valence-corrected chi connectivity index (χ3v) is 5.22. The molecule has 26 heavy (non-hydrogen) atoms. The maximum absolute atomic E-state index is 12.0. The largest absolute Gasteiger partial charge is 0.374 e. The molecule has 1 N–H and O–H groups in total. The molecule has 0 saturated carbocycles. The summed E-state index contributed by atoms with van der Waals surface area (Å²) in [6.07, 6.45) is 3.33. The number of carbonyl (C=O) groups is 1. The highest BCUT2D eigenvalue weighted by Gasteiger charge is 2.21. The van der Waals surface area contributed by atoms with Crippen LogP contribution in [-0.4, -0.2) is 52.7 Å². The number of hydrogen-bond donors (Lipinski definition) is 1. The lowest BCUT2D eigenvalue weighted by Crippen LogP contribution is -2.47. The van der Waals surface area contributed by atoms with Crippen LogP contribution >= 0.6 is 39.1 Å². The molecule has 0 spiro atoms. The summed E-state index contributed by atoms with van der Waals surface area (Å²) in [5, 5.41) is 4.04. The molecule has 1 aromatic carbocycles. The van der Waals surface area contributed by atoms with Gasteiger partial charge < -0.3 is 14.6 Å². The number of amides is 1. The first-order valence-electron chi connectivity index (χ1n) is 8.21. The summed E-state index contributed by atoms with van der Waals surface area (Å²) in [6.45, 7) is 3.71. The predicted molar refractivity (Wildman–Crippen MR) is 104 cm³/mol. The molecule has 2 aromatic rings. The van der Waals surface area contributed by atoms with Gasteiger partial charge in [0.25, 0.3) is 0 Å². The summed E-state index contributed by atoms with van der Waals surface area (Å²) in [4.78, 5) is 18.4. The molecule has 0 bridgehead atoms. The minimum atomic E-state index is -0.0693. The van der Waals surface area contributed by atoms with E-state index in [1.165, 1.54) is 0 Å². The number of hydrogen-bond acceptors (Lipinski definition) is 4. The van der Waals surface area contributed by atoms with Gasteiger partial charge in [0.05, 0.1) is 29.1 Å². The molecule has 1 saturated heterocycles. The lowest BCUT2D eigenvalue weighted by atomic mass is 10.2. The van der Waals surface area contributed by atoms with Gasteiger partial charge in [-0.3, -0.25) is 9.69 Å². The zero-order chi connectivity index (χ0) is 18.5. The summed E-state index contributed by atoms with van der Waals surface area (Å²) in [6, 6.07) is 5.68. The Morgan fingerprint density at radius 3 is 2.96 bits per heavy atom. The number of ether oxygens (including phenoxy) is 1. The van der Waals surface area contributed by atoms with E-state index in [1.54, 1.807) is 17.1 Å². The highest BCUT2D eigenvalue weighted by molar-refractivity contribution is 9.10. The maximum Gasteiger partial charge on any atom is 0.240 e. The number of nitrogens with one attached hydrogen (secondary N) is 1. The van der Waals surface area contributed by atoms with Crippen LogP contribution in [0.4, 0.5) is 0 Å². The molecule has 1 aliphatic rings. The standard InChI is InChI=1S/C17H19BrCl2N4O2/c18-16-9-24(11-22-16)10-17(25)21-6-13-8-23(3-4-26-13)7-12-1-2-14(19)15(20)5-12/h1-2,5,9,11,13H,3-4,6-8,10H2,(H,21,25). The van der Waals surface area contributed by atoms with Crippen molar-refractivity contribution < 1.29 is 9.53 Å². The zero-order valence-electron chi connectivity index (χ0n) is 14.0. The van der Waals surface area contributed by atoms with Crippen LogP contribution < -0.4 is 5.32 Å². The third-order valence-electron chi connectivity index (χ3n) is 4.07. The number of nitrogens with zero attached hydrogens (tertiary/aromatic N) is 3. The van der Waals surface area contributed by atoms with Gasteiger partial charge in [-0.1, -0.05) is 29.3 Å². The number of imidazole rings is 1. The van der Waals surface area contributed by atoms with Crippen molar-refractivity contribution in [3.8, 4) is 0 Å². The summed E-state index contributed by atoms with van der Waals surface area (Å²) < 4.78 is 8.19. The Morgan fingerprint density at radius 1 is 1.38 bits per heavy atom. The van der Waals surface area contributed by atoms with Gasteiger partial charge in [0, 0.05) is 32.4 Å². The number of carbonyl (C=O) groups excluding carboxylic acids is 1. The molecule has 1 fully saturated rings. The molecule has 3 rings (SSSR count). The van der Waals surface area contributed by atoms with E-state index in [0.717, 1.165) is 25.2 Å². The molecule has 6 nitrogen and oxygen atoms in total.